The Labute approximate surface area is 111 Å². The van der Waals surface area contributed by atoms with Gasteiger partial charge in [0.1, 0.15) is 0 Å². The first-order chi connectivity index (χ1) is 8.17. The Bertz CT molecular complexity index is 395. The first kappa shape index (κ1) is 14.3. The average molecular weight is 274 g/mol. The van der Waals surface area contributed by atoms with Crippen LogP contribution < -0.4 is 10.0 Å². The third kappa shape index (κ3) is 2.58. The minimum absolute atomic E-state index is 0.0637. The standard InChI is InChI=1S/C13H26N2O2S/c1-12(2)11(13(12,3)4)15-18(16,17)9-10-5-7-14-8-6-10/h10-11,14-15H,5-9H2,1-4H3. The fraction of sp³-hybridized carbons (Fsp3) is 1.00. The zero-order valence-electron chi connectivity index (χ0n) is 11.9. The van der Waals surface area contributed by atoms with Crippen molar-refractivity contribution in [3.05, 3.63) is 0 Å². The summed E-state index contributed by atoms with van der Waals surface area (Å²) < 4.78 is 27.3. The van der Waals surface area contributed by atoms with Gasteiger partial charge in [-0.1, -0.05) is 27.7 Å². The van der Waals surface area contributed by atoms with E-state index in [0.717, 1.165) is 25.9 Å². The van der Waals surface area contributed by atoms with Gasteiger partial charge in [-0.05, 0) is 42.7 Å². The molecule has 0 amide bonds. The van der Waals surface area contributed by atoms with Crippen LogP contribution in [0.5, 0.6) is 0 Å². The predicted molar refractivity (Wildman–Crippen MR) is 73.9 cm³/mol. The van der Waals surface area contributed by atoms with Crippen LogP contribution in [0.15, 0.2) is 0 Å². The van der Waals surface area contributed by atoms with Crippen molar-refractivity contribution in [1.82, 2.24) is 10.0 Å². The molecular formula is C13H26N2O2S. The molecule has 1 heterocycles. The van der Waals surface area contributed by atoms with Crippen molar-refractivity contribution in [2.75, 3.05) is 18.8 Å². The number of hydrogen-bond donors (Lipinski definition) is 2. The van der Waals surface area contributed by atoms with E-state index in [-0.39, 0.29) is 22.6 Å². The summed E-state index contributed by atoms with van der Waals surface area (Å²) in [6.45, 7) is 10.4. The largest absolute Gasteiger partial charge is 0.317 e. The number of hydrogen-bond acceptors (Lipinski definition) is 3. The van der Waals surface area contributed by atoms with Gasteiger partial charge in [-0.25, -0.2) is 13.1 Å². The molecule has 5 heteroatoms. The molecular weight excluding hydrogens is 248 g/mol. The number of sulfonamides is 1. The molecule has 0 aromatic rings. The lowest BCUT2D eigenvalue weighted by Gasteiger charge is -2.22. The van der Waals surface area contributed by atoms with Gasteiger partial charge >= 0.3 is 0 Å². The lowest BCUT2D eigenvalue weighted by atomic mass is 10.0. The van der Waals surface area contributed by atoms with E-state index in [9.17, 15) is 8.42 Å². The maximum Gasteiger partial charge on any atom is 0.212 e. The Morgan fingerprint density at radius 2 is 1.61 bits per heavy atom. The number of rotatable bonds is 4. The SMILES string of the molecule is CC1(C)C(NS(=O)(=O)CC2CCNCC2)C1(C)C. The Morgan fingerprint density at radius 3 is 2.06 bits per heavy atom. The van der Waals surface area contributed by atoms with E-state index in [1.807, 2.05) is 0 Å². The van der Waals surface area contributed by atoms with Crippen LogP contribution in [0.25, 0.3) is 0 Å². The maximum absolute atomic E-state index is 12.2. The molecule has 2 rings (SSSR count). The normalized spacial score (nSPS) is 28.2. The minimum Gasteiger partial charge on any atom is -0.317 e. The predicted octanol–water partition coefficient (Wildman–Crippen LogP) is 1.34. The molecule has 18 heavy (non-hydrogen) atoms. The fourth-order valence-corrected chi connectivity index (χ4v) is 5.08. The molecule has 0 spiro atoms. The van der Waals surface area contributed by atoms with Gasteiger partial charge in [-0.3, -0.25) is 0 Å². The number of nitrogens with one attached hydrogen (secondary N) is 2. The van der Waals surface area contributed by atoms with Crippen LogP contribution in [0.2, 0.25) is 0 Å². The van der Waals surface area contributed by atoms with E-state index in [1.165, 1.54) is 0 Å². The minimum atomic E-state index is -3.14. The van der Waals surface area contributed by atoms with Crippen molar-refractivity contribution in [1.29, 1.82) is 0 Å². The van der Waals surface area contributed by atoms with Gasteiger partial charge < -0.3 is 5.32 Å². The smallest absolute Gasteiger partial charge is 0.212 e. The summed E-state index contributed by atoms with van der Waals surface area (Å²) in [6, 6.07) is 0.0803. The lowest BCUT2D eigenvalue weighted by molar-refractivity contribution is 0.399. The second-order valence-electron chi connectivity index (χ2n) is 6.97. The van der Waals surface area contributed by atoms with Crippen LogP contribution in [0.1, 0.15) is 40.5 Å². The molecule has 2 N–H and O–H groups in total. The molecule has 1 aliphatic carbocycles. The summed E-state index contributed by atoms with van der Waals surface area (Å²) in [4.78, 5) is 0. The van der Waals surface area contributed by atoms with Crippen molar-refractivity contribution in [2.24, 2.45) is 16.7 Å². The molecule has 106 valence electrons. The second kappa shape index (κ2) is 4.46. The van der Waals surface area contributed by atoms with Crippen molar-refractivity contribution in [3.63, 3.8) is 0 Å². The van der Waals surface area contributed by atoms with Crippen LogP contribution in [0.3, 0.4) is 0 Å². The molecule has 1 saturated heterocycles. The fourth-order valence-electron chi connectivity index (χ4n) is 3.08. The van der Waals surface area contributed by atoms with Gasteiger partial charge in [0.25, 0.3) is 0 Å². The molecule has 4 nitrogen and oxygen atoms in total. The monoisotopic (exact) mass is 274 g/mol. The summed E-state index contributed by atoms with van der Waals surface area (Å²) in [5, 5.41) is 3.26. The zero-order valence-corrected chi connectivity index (χ0v) is 12.7. The lowest BCUT2D eigenvalue weighted by Crippen LogP contribution is -2.37. The van der Waals surface area contributed by atoms with E-state index < -0.39 is 10.0 Å². The zero-order chi connectivity index (χ0) is 13.6. The van der Waals surface area contributed by atoms with E-state index in [4.69, 9.17) is 0 Å². The molecule has 2 fully saturated rings. The molecule has 2 aliphatic rings. The van der Waals surface area contributed by atoms with Crippen molar-refractivity contribution in [2.45, 2.75) is 46.6 Å². The molecule has 0 unspecified atom stereocenters. The maximum atomic E-state index is 12.2. The third-order valence-corrected chi connectivity index (χ3v) is 6.74. The molecule has 0 aromatic carbocycles. The highest BCUT2D eigenvalue weighted by atomic mass is 32.2. The van der Waals surface area contributed by atoms with Gasteiger partial charge in [-0.2, -0.15) is 0 Å². The summed E-state index contributed by atoms with van der Waals surface area (Å²) >= 11 is 0. The van der Waals surface area contributed by atoms with Gasteiger partial charge in [0.05, 0.1) is 5.75 Å². The quantitative estimate of drug-likeness (QED) is 0.813. The molecule has 1 saturated carbocycles. The highest BCUT2D eigenvalue weighted by Gasteiger charge is 2.65. The summed E-state index contributed by atoms with van der Waals surface area (Å²) in [6.07, 6.45) is 1.94. The summed E-state index contributed by atoms with van der Waals surface area (Å²) in [7, 11) is -3.14. The number of piperidine rings is 1. The van der Waals surface area contributed by atoms with Crippen LogP contribution >= 0.6 is 0 Å². The van der Waals surface area contributed by atoms with Crippen LogP contribution in [0, 0.1) is 16.7 Å². The first-order valence-corrected chi connectivity index (χ1v) is 8.53. The van der Waals surface area contributed by atoms with E-state index in [2.05, 4.69) is 37.7 Å². The topological polar surface area (TPSA) is 58.2 Å². The highest BCUT2D eigenvalue weighted by molar-refractivity contribution is 7.89. The Balaban J connectivity index is 1.92. The molecule has 1 aliphatic heterocycles. The third-order valence-electron chi connectivity index (χ3n) is 5.23. The van der Waals surface area contributed by atoms with E-state index in [1.54, 1.807) is 0 Å². The molecule has 0 bridgehead atoms. The van der Waals surface area contributed by atoms with Gasteiger partial charge in [-0.15, -0.1) is 0 Å². The Hall–Kier alpha value is -0.130. The molecule has 0 atom stereocenters. The highest BCUT2D eigenvalue weighted by Crippen LogP contribution is 2.62. The average Bonchev–Trinajstić information content (AvgIpc) is 2.61. The summed E-state index contributed by atoms with van der Waals surface area (Å²) in [5.74, 6) is 0.603. The van der Waals surface area contributed by atoms with E-state index >= 15 is 0 Å². The van der Waals surface area contributed by atoms with Crippen molar-refractivity contribution < 1.29 is 8.42 Å². The Morgan fingerprint density at radius 1 is 1.11 bits per heavy atom. The molecule has 0 aromatic heterocycles. The first-order valence-electron chi connectivity index (χ1n) is 6.87. The van der Waals surface area contributed by atoms with Crippen LogP contribution in [0.4, 0.5) is 0 Å². The van der Waals surface area contributed by atoms with Crippen LogP contribution in [-0.4, -0.2) is 33.3 Å². The van der Waals surface area contributed by atoms with Crippen molar-refractivity contribution in [3.8, 4) is 0 Å². The van der Waals surface area contributed by atoms with Crippen molar-refractivity contribution >= 4 is 10.0 Å². The second-order valence-corrected chi connectivity index (χ2v) is 8.77. The summed E-state index contributed by atoms with van der Waals surface area (Å²) in [5.41, 5.74) is 0.127. The van der Waals surface area contributed by atoms with E-state index in [0.29, 0.717) is 5.92 Å². The van der Waals surface area contributed by atoms with Crippen LogP contribution in [-0.2, 0) is 10.0 Å². The Kier molecular flexibility index (Phi) is 3.54. The van der Waals surface area contributed by atoms with Gasteiger partial charge in [0, 0.05) is 6.04 Å². The van der Waals surface area contributed by atoms with Gasteiger partial charge in [0.2, 0.25) is 10.0 Å². The molecule has 0 radical (unpaired) electrons. The van der Waals surface area contributed by atoms with Gasteiger partial charge in [0.15, 0.2) is 0 Å².